The molecule has 1 aliphatic carbocycles. The maximum Gasteiger partial charge on any atom is 0.307 e. The molecule has 4 aromatic heterocycles. The number of nitrogens with zero attached hydrogens (tertiary/aromatic N) is 7. The molecule has 0 aromatic carbocycles. The van der Waals surface area contributed by atoms with E-state index in [1.807, 2.05) is 0 Å². The van der Waals surface area contributed by atoms with Crippen molar-refractivity contribution in [3.05, 3.63) is 45.1 Å². The van der Waals surface area contributed by atoms with Crippen molar-refractivity contribution in [3.8, 4) is 0 Å². The molecule has 0 spiro atoms. The molecule has 138 valence electrons. The zero-order valence-electron chi connectivity index (χ0n) is 14.7. The third kappa shape index (κ3) is 2.67. The first kappa shape index (κ1) is 16.3. The van der Waals surface area contributed by atoms with Crippen molar-refractivity contribution >= 4 is 32.9 Å². The van der Waals surface area contributed by atoms with Crippen LogP contribution in [-0.4, -0.2) is 34.3 Å². The Bertz CT molecular complexity index is 1180. The molecular formula is C17H17N7O2S. The molecule has 1 aliphatic rings. The Hall–Kier alpha value is -2.88. The normalized spacial score (nSPS) is 16.9. The van der Waals surface area contributed by atoms with Crippen LogP contribution in [0.1, 0.15) is 36.0 Å². The SMILES string of the molecule is CCC1CCc2c(sc3ncn4nc(Cn5cc([N+](=O)[O-])cn5)nc4c23)C1. The minimum absolute atomic E-state index is 0.0415. The Morgan fingerprint density at radius 3 is 3.11 bits per heavy atom. The summed E-state index contributed by atoms with van der Waals surface area (Å²) in [6, 6.07) is 0. The second-order valence-electron chi connectivity index (χ2n) is 6.90. The Kier molecular flexibility index (Phi) is 3.67. The molecule has 9 nitrogen and oxygen atoms in total. The maximum absolute atomic E-state index is 10.8. The first-order valence-corrected chi connectivity index (χ1v) is 9.75. The second-order valence-corrected chi connectivity index (χ2v) is 7.98. The third-order valence-electron chi connectivity index (χ3n) is 5.24. The quantitative estimate of drug-likeness (QED) is 0.396. The number of thiophene rings is 1. The summed E-state index contributed by atoms with van der Waals surface area (Å²) in [7, 11) is 0. The highest BCUT2D eigenvalue weighted by Gasteiger charge is 2.24. The minimum atomic E-state index is -0.463. The van der Waals surface area contributed by atoms with Gasteiger partial charge in [-0.05, 0) is 30.7 Å². The molecule has 0 saturated heterocycles. The highest BCUT2D eigenvalue weighted by Crippen LogP contribution is 2.39. The lowest BCUT2D eigenvalue weighted by atomic mass is 9.86. The first-order chi connectivity index (χ1) is 13.1. The second kappa shape index (κ2) is 6.08. The molecule has 0 bridgehead atoms. The largest absolute Gasteiger partial charge is 0.307 e. The molecule has 4 aromatic rings. The summed E-state index contributed by atoms with van der Waals surface area (Å²) in [5, 5.41) is 20.4. The van der Waals surface area contributed by atoms with Crippen LogP contribution in [0.4, 0.5) is 5.69 Å². The number of aromatic nitrogens is 6. The van der Waals surface area contributed by atoms with E-state index < -0.39 is 4.92 Å². The molecule has 0 radical (unpaired) electrons. The predicted octanol–water partition coefficient (Wildman–Crippen LogP) is 3.01. The number of hydrogen-bond acceptors (Lipinski definition) is 7. The summed E-state index contributed by atoms with van der Waals surface area (Å²) in [6.45, 7) is 2.53. The molecule has 27 heavy (non-hydrogen) atoms. The van der Waals surface area contributed by atoms with Gasteiger partial charge in [0.1, 0.15) is 30.1 Å². The van der Waals surface area contributed by atoms with Gasteiger partial charge in [0.25, 0.3) is 0 Å². The molecule has 0 fully saturated rings. The fourth-order valence-electron chi connectivity index (χ4n) is 3.78. The number of aryl methyl sites for hydroxylation is 1. The van der Waals surface area contributed by atoms with Gasteiger partial charge in [-0.15, -0.1) is 16.4 Å². The van der Waals surface area contributed by atoms with Crippen molar-refractivity contribution in [2.24, 2.45) is 5.92 Å². The van der Waals surface area contributed by atoms with Crippen molar-refractivity contribution in [1.29, 1.82) is 0 Å². The Labute approximate surface area is 157 Å². The van der Waals surface area contributed by atoms with Crippen molar-refractivity contribution in [3.63, 3.8) is 0 Å². The van der Waals surface area contributed by atoms with E-state index in [4.69, 9.17) is 4.98 Å². The van der Waals surface area contributed by atoms with Crippen molar-refractivity contribution in [1.82, 2.24) is 29.4 Å². The zero-order chi connectivity index (χ0) is 18.5. The minimum Gasteiger partial charge on any atom is -0.258 e. The van der Waals surface area contributed by atoms with E-state index in [0.29, 0.717) is 5.82 Å². The summed E-state index contributed by atoms with van der Waals surface area (Å²) in [5.41, 5.74) is 2.13. The van der Waals surface area contributed by atoms with Gasteiger partial charge in [-0.1, -0.05) is 13.3 Å². The van der Waals surface area contributed by atoms with Crippen LogP contribution in [0.25, 0.3) is 15.9 Å². The molecule has 0 saturated carbocycles. The van der Waals surface area contributed by atoms with Crippen LogP contribution in [0.15, 0.2) is 18.7 Å². The number of nitro groups is 1. The van der Waals surface area contributed by atoms with Crippen LogP contribution in [0.2, 0.25) is 0 Å². The molecule has 0 N–H and O–H groups in total. The van der Waals surface area contributed by atoms with Crippen molar-refractivity contribution in [2.45, 2.75) is 39.2 Å². The van der Waals surface area contributed by atoms with Gasteiger partial charge in [0, 0.05) is 4.88 Å². The topological polar surface area (TPSA) is 104 Å². The van der Waals surface area contributed by atoms with Crippen molar-refractivity contribution < 1.29 is 4.92 Å². The van der Waals surface area contributed by atoms with E-state index in [2.05, 4.69) is 22.1 Å². The van der Waals surface area contributed by atoms with E-state index in [-0.39, 0.29) is 12.2 Å². The Morgan fingerprint density at radius 1 is 1.44 bits per heavy atom. The summed E-state index contributed by atoms with van der Waals surface area (Å²) >= 11 is 1.77. The lowest BCUT2D eigenvalue weighted by Gasteiger charge is -2.20. The monoisotopic (exact) mass is 383 g/mol. The molecule has 0 amide bonds. The van der Waals surface area contributed by atoms with Gasteiger partial charge < -0.3 is 0 Å². The standard InChI is InChI=1S/C17H17N7O2S/c1-2-10-3-4-12-13(5-10)27-17-15(12)16-20-14(21-23(16)9-18-17)8-22-7-11(6-19-22)24(25)26/h6-7,9-10H,2-5,8H2,1H3. The van der Waals surface area contributed by atoms with Gasteiger partial charge in [0.15, 0.2) is 11.5 Å². The van der Waals surface area contributed by atoms with Gasteiger partial charge in [0.05, 0.1) is 10.3 Å². The van der Waals surface area contributed by atoms with Gasteiger partial charge >= 0.3 is 5.69 Å². The fourth-order valence-corrected chi connectivity index (χ4v) is 5.08. The summed E-state index contributed by atoms with van der Waals surface area (Å²) in [4.78, 5) is 22.1. The molecule has 1 atom stereocenters. The number of fused-ring (bicyclic) bond motifs is 5. The first-order valence-electron chi connectivity index (χ1n) is 8.93. The lowest BCUT2D eigenvalue weighted by molar-refractivity contribution is -0.385. The van der Waals surface area contributed by atoms with Gasteiger partial charge in [-0.3, -0.25) is 14.8 Å². The van der Waals surface area contributed by atoms with E-state index >= 15 is 0 Å². The van der Waals surface area contributed by atoms with E-state index in [0.717, 1.165) is 34.6 Å². The molecule has 4 heterocycles. The Morgan fingerprint density at radius 2 is 2.33 bits per heavy atom. The lowest BCUT2D eigenvalue weighted by Crippen LogP contribution is -2.11. The highest BCUT2D eigenvalue weighted by atomic mass is 32.1. The van der Waals surface area contributed by atoms with Gasteiger partial charge in [-0.2, -0.15) is 5.10 Å². The smallest absolute Gasteiger partial charge is 0.258 e. The van der Waals surface area contributed by atoms with Crippen LogP contribution < -0.4 is 0 Å². The average Bonchev–Trinajstić information content (AvgIpc) is 3.36. The van der Waals surface area contributed by atoms with Crippen LogP contribution in [0.5, 0.6) is 0 Å². The van der Waals surface area contributed by atoms with E-state index in [1.54, 1.807) is 22.2 Å². The van der Waals surface area contributed by atoms with Crippen molar-refractivity contribution in [2.75, 3.05) is 0 Å². The third-order valence-corrected chi connectivity index (χ3v) is 6.41. The average molecular weight is 383 g/mol. The Balaban J connectivity index is 1.56. The molecule has 0 aliphatic heterocycles. The van der Waals surface area contributed by atoms with Crippen LogP contribution in [0, 0.1) is 16.0 Å². The molecule has 5 rings (SSSR count). The molecule has 10 heteroatoms. The number of rotatable bonds is 4. The molecular weight excluding hydrogens is 366 g/mol. The van der Waals surface area contributed by atoms with Crippen LogP contribution in [-0.2, 0) is 19.4 Å². The fraction of sp³-hybridized carbons (Fsp3) is 0.412. The van der Waals surface area contributed by atoms with Crippen LogP contribution >= 0.6 is 11.3 Å². The summed E-state index contributed by atoms with van der Waals surface area (Å²) in [6.07, 6.45) is 8.90. The van der Waals surface area contributed by atoms with Gasteiger partial charge in [0.2, 0.25) is 0 Å². The highest BCUT2D eigenvalue weighted by molar-refractivity contribution is 7.19. The van der Waals surface area contributed by atoms with Gasteiger partial charge in [-0.25, -0.2) is 14.5 Å². The maximum atomic E-state index is 10.8. The summed E-state index contributed by atoms with van der Waals surface area (Å²) < 4.78 is 3.18. The van der Waals surface area contributed by atoms with E-state index in [1.165, 1.54) is 40.4 Å². The van der Waals surface area contributed by atoms with E-state index in [9.17, 15) is 10.1 Å². The van der Waals surface area contributed by atoms with Crippen LogP contribution in [0.3, 0.4) is 0 Å². The summed E-state index contributed by atoms with van der Waals surface area (Å²) in [5.74, 6) is 1.31. The predicted molar refractivity (Wildman–Crippen MR) is 100.0 cm³/mol. The zero-order valence-corrected chi connectivity index (χ0v) is 15.5. The number of hydrogen-bond donors (Lipinski definition) is 0. The molecule has 1 unspecified atom stereocenters.